The summed E-state index contributed by atoms with van der Waals surface area (Å²) in [6.07, 6.45) is 1.68. The van der Waals surface area contributed by atoms with Gasteiger partial charge < -0.3 is 10.6 Å². The van der Waals surface area contributed by atoms with Crippen molar-refractivity contribution in [2.75, 3.05) is 16.4 Å². The van der Waals surface area contributed by atoms with Gasteiger partial charge in [0.25, 0.3) is 5.56 Å². The Hall–Kier alpha value is -3.92. The smallest absolute Gasteiger partial charge is 0.265 e. The van der Waals surface area contributed by atoms with Gasteiger partial charge in [0, 0.05) is 30.5 Å². The number of carbonyl (C=O) groups is 2. The Balaban J connectivity index is 1.37. The zero-order valence-electron chi connectivity index (χ0n) is 18.6. The highest BCUT2D eigenvalue weighted by atomic mass is 32.2. The molecule has 0 saturated carbocycles. The largest absolute Gasteiger partial charge is 0.326 e. The van der Waals surface area contributed by atoms with Crippen molar-refractivity contribution in [3.05, 3.63) is 70.6 Å². The molecule has 2 aromatic carbocycles. The Kier molecular flexibility index (Phi) is 5.66. The van der Waals surface area contributed by atoms with Crippen LogP contribution in [0.2, 0.25) is 0 Å². The molecule has 1 atom stereocenters. The Labute approximate surface area is 199 Å². The van der Waals surface area contributed by atoms with Crippen molar-refractivity contribution in [3.63, 3.8) is 0 Å². The van der Waals surface area contributed by atoms with Gasteiger partial charge in [-0.05, 0) is 48.9 Å². The van der Waals surface area contributed by atoms with E-state index >= 15 is 0 Å². The van der Waals surface area contributed by atoms with E-state index in [4.69, 9.17) is 4.98 Å². The Morgan fingerprint density at radius 2 is 1.85 bits per heavy atom. The first-order valence-corrected chi connectivity index (χ1v) is 11.8. The van der Waals surface area contributed by atoms with E-state index in [0.717, 1.165) is 11.3 Å². The molecule has 0 aliphatic carbocycles. The van der Waals surface area contributed by atoms with E-state index < -0.39 is 0 Å². The molecular weight excluding hydrogens is 452 g/mol. The maximum atomic E-state index is 13.3. The monoisotopic (exact) mass is 474 g/mol. The molecule has 2 amide bonds. The fraction of sp³-hybridized carbons (Fsp3) is 0.208. The molecule has 1 unspecified atom stereocenters. The summed E-state index contributed by atoms with van der Waals surface area (Å²) in [7, 11) is 0. The van der Waals surface area contributed by atoms with Crippen molar-refractivity contribution in [3.8, 4) is 5.69 Å². The van der Waals surface area contributed by atoms with Crippen LogP contribution < -0.4 is 16.2 Å². The molecule has 172 valence electrons. The quantitative estimate of drug-likeness (QED) is 0.428. The predicted molar refractivity (Wildman–Crippen MR) is 132 cm³/mol. The normalized spacial score (nSPS) is 14.7. The third-order valence-electron chi connectivity index (χ3n) is 5.53. The summed E-state index contributed by atoms with van der Waals surface area (Å²) in [4.78, 5) is 41.9. The van der Waals surface area contributed by atoms with Crippen LogP contribution in [0.5, 0.6) is 0 Å². The maximum Gasteiger partial charge on any atom is 0.265 e. The van der Waals surface area contributed by atoms with Crippen molar-refractivity contribution in [2.24, 2.45) is 0 Å². The van der Waals surface area contributed by atoms with Gasteiger partial charge in [0.2, 0.25) is 11.8 Å². The van der Waals surface area contributed by atoms with Crippen molar-refractivity contribution in [1.29, 1.82) is 0 Å². The zero-order chi connectivity index (χ0) is 23.8. The standard InChI is InChI=1S/C24H22N6O3S/c1-14-4-3-5-18(10-14)30-22-20(12-25-30)23(33)29-19(13-34-24(29)28-22)11-21(32)27-17-8-6-16(7-9-17)26-15(2)31/h3-10,12,19H,11,13H2,1-2H3,(H,26,31)(H,27,32). The number of aryl methyl sites for hydroxylation is 1. The summed E-state index contributed by atoms with van der Waals surface area (Å²) in [6, 6.07) is 14.4. The van der Waals surface area contributed by atoms with Gasteiger partial charge in [0.15, 0.2) is 10.8 Å². The minimum absolute atomic E-state index is 0.145. The summed E-state index contributed by atoms with van der Waals surface area (Å²) in [5, 5.41) is 11.0. The molecule has 1 aliphatic heterocycles. The molecule has 5 rings (SSSR count). The fourth-order valence-electron chi connectivity index (χ4n) is 4.00. The van der Waals surface area contributed by atoms with Crippen LogP contribution in [0.4, 0.5) is 11.4 Å². The highest BCUT2D eigenvalue weighted by Crippen LogP contribution is 2.33. The van der Waals surface area contributed by atoms with Crippen LogP contribution in [0.3, 0.4) is 0 Å². The van der Waals surface area contributed by atoms with Gasteiger partial charge in [0.05, 0.1) is 17.9 Å². The number of thioether (sulfide) groups is 1. The van der Waals surface area contributed by atoms with Crippen molar-refractivity contribution >= 4 is 46.0 Å². The van der Waals surface area contributed by atoms with E-state index in [1.165, 1.54) is 24.9 Å². The first-order chi connectivity index (χ1) is 16.4. The lowest BCUT2D eigenvalue weighted by Gasteiger charge is -2.14. The third-order valence-corrected chi connectivity index (χ3v) is 6.62. The van der Waals surface area contributed by atoms with E-state index in [1.807, 2.05) is 31.2 Å². The highest BCUT2D eigenvalue weighted by Gasteiger charge is 2.29. The number of rotatable bonds is 5. The number of carbonyl (C=O) groups excluding carboxylic acids is 2. The molecule has 0 saturated heterocycles. The Morgan fingerprint density at radius 3 is 2.56 bits per heavy atom. The van der Waals surface area contributed by atoms with Gasteiger partial charge >= 0.3 is 0 Å². The molecule has 4 aromatic rings. The van der Waals surface area contributed by atoms with Crippen LogP contribution in [-0.4, -0.2) is 36.9 Å². The number of nitrogens with zero attached hydrogens (tertiary/aromatic N) is 4. The van der Waals surface area contributed by atoms with Crippen LogP contribution in [0.1, 0.15) is 24.9 Å². The third kappa shape index (κ3) is 4.19. The number of fused-ring (bicyclic) bond motifs is 2. The second-order valence-electron chi connectivity index (χ2n) is 8.18. The average molecular weight is 475 g/mol. The first-order valence-electron chi connectivity index (χ1n) is 10.8. The number of hydrogen-bond donors (Lipinski definition) is 2. The summed E-state index contributed by atoms with van der Waals surface area (Å²) >= 11 is 1.46. The van der Waals surface area contributed by atoms with Gasteiger partial charge in [-0.2, -0.15) is 5.10 Å². The number of hydrogen-bond acceptors (Lipinski definition) is 6. The number of anilines is 2. The maximum absolute atomic E-state index is 13.3. The lowest BCUT2D eigenvalue weighted by Crippen LogP contribution is -2.27. The van der Waals surface area contributed by atoms with Crippen LogP contribution in [0.15, 0.2) is 64.7 Å². The van der Waals surface area contributed by atoms with Crippen LogP contribution >= 0.6 is 11.8 Å². The van der Waals surface area contributed by atoms with E-state index in [2.05, 4.69) is 15.7 Å². The first kappa shape index (κ1) is 21.9. The van der Waals surface area contributed by atoms with E-state index in [0.29, 0.717) is 33.3 Å². The van der Waals surface area contributed by atoms with E-state index in [9.17, 15) is 14.4 Å². The topological polar surface area (TPSA) is 111 Å². The fourth-order valence-corrected chi connectivity index (χ4v) is 5.13. The minimum Gasteiger partial charge on any atom is -0.326 e. The van der Waals surface area contributed by atoms with Crippen molar-refractivity contribution < 1.29 is 9.59 Å². The van der Waals surface area contributed by atoms with Crippen LogP contribution in [0, 0.1) is 6.92 Å². The molecule has 0 bridgehead atoms. The number of nitrogens with one attached hydrogen (secondary N) is 2. The Bertz CT molecular complexity index is 1470. The molecule has 1 aliphatic rings. The highest BCUT2D eigenvalue weighted by molar-refractivity contribution is 7.99. The second kappa shape index (κ2) is 8.79. The number of aromatic nitrogens is 4. The molecule has 0 fully saturated rings. The van der Waals surface area contributed by atoms with Crippen LogP contribution in [0.25, 0.3) is 16.7 Å². The average Bonchev–Trinajstić information content (AvgIpc) is 3.40. The van der Waals surface area contributed by atoms with Gasteiger partial charge in [-0.15, -0.1) is 0 Å². The van der Waals surface area contributed by atoms with Crippen molar-refractivity contribution in [2.45, 2.75) is 31.5 Å². The van der Waals surface area contributed by atoms with Gasteiger partial charge in [-0.1, -0.05) is 23.9 Å². The molecule has 10 heteroatoms. The molecule has 9 nitrogen and oxygen atoms in total. The van der Waals surface area contributed by atoms with Gasteiger partial charge in [0.1, 0.15) is 5.39 Å². The second-order valence-corrected chi connectivity index (χ2v) is 9.17. The molecule has 2 N–H and O–H groups in total. The molecule has 3 heterocycles. The summed E-state index contributed by atoms with van der Waals surface area (Å²) in [6.45, 7) is 3.43. The predicted octanol–water partition coefficient (Wildman–Crippen LogP) is 3.52. The lowest BCUT2D eigenvalue weighted by molar-refractivity contribution is -0.117. The SMILES string of the molecule is CC(=O)Nc1ccc(NC(=O)CC2CSc3nc4c(cnn4-c4cccc(C)c4)c(=O)n32)cc1. The van der Waals surface area contributed by atoms with E-state index in [-0.39, 0.29) is 29.8 Å². The molecule has 0 radical (unpaired) electrons. The summed E-state index contributed by atoms with van der Waals surface area (Å²) < 4.78 is 3.28. The van der Waals surface area contributed by atoms with Crippen molar-refractivity contribution in [1.82, 2.24) is 19.3 Å². The number of benzene rings is 2. The van der Waals surface area contributed by atoms with Gasteiger partial charge in [-0.3, -0.25) is 19.0 Å². The zero-order valence-corrected chi connectivity index (χ0v) is 19.4. The molecule has 34 heavy (non-hydrogen) atoms. The Morgan fingerprint density at radius 1 is 1.12 bits per heavy atom. The number of amides is 2. The summed E-state index contributed by atoms with van der Waals surface area (Å²) in [5.41, 5.74) is 3.52. The van der Waals surface area contributed by atoms with Crippen LogP contribution in [-0.2, 0) is 9.59 Å². The van der Waals surface area contributed by atoms with Gasteiger partial charge in [-0.25, -0.2) is 9.67 Å². The van der Waals surface area contributed by atoms with E-state index in [1.54, 1.807) is 33.5 Å². The lowest BCUT2D eigenvalue weighted by atomic mass is 10.2. The molecule has 2 aromatic heterocycles. The minimum atomic E-state index is -0.301. The molecule has 0 spiro atoms. The molecular formula is C24H22N6O3S. The summed E-state index contributed by atoms with van der Waals surface area (Å²) in [5.74, 6) is 0.224.